The van der Waals surface area contributed by atoms with E-state index in [1.807, 2.05) is 53.4 Å². The Hall–Kier alpha value is -3.15. The summed E-state index contributed by atoms with van der Waals surface area (Å²) in [6.45, 7) is 1.18. The summed E-state index contributed by atoms with van der Waals surface area (Å²) in [5.41, 5.74) is 1.27. The maximum Gasteiger partial charge on any atom is 0.220 e. The Morgan fingerprint density at radius 2 is 1.81 bits per heavy atom. The first kappa shape index (κ1) is 17.7. The average molecular weight is 349 g/mol. The lowest BCUT2D eigenvalue weighted by Crippen LogP contribution is -2.28. The summed E-state index contributed by atoms with van der Waals surface area (Å²) in [5, 5.41) is 6.14. The van der Waals surface area contributed by atoms with Gasteiger partial charge in [-0.15, -0.1) is 0 Å². The zero-order valence-electron chi connectivity index (χ0n) is 14.6. The molecule has 134 valence electrons. The van der Waals surface area contributed by atoms with Gasteiger partial charge in [0.05, 0.1) is 0 Å². The number of aryl methyl sites for hydroxylation is 1. The fourth-order valence-electron chi connectivity index (χ4n) is 2.65. The molecule has 0 saturated carbocycles. The van der Waals surface area contributed by atoms with Gasteiger partial charge in [-0.2, -0.15) is 0 Å². The monoisotopic (exact) mass is 349 g/mol. The van der Waals surface area contributed by atoms with Crippen molar-refractivity contribution >= 4 is 11.7 Å². The van der Waals surface area contributed by atoms with Gasteiger partial charge in [-0.3, -0.25) is 4.79 Å². The molecule has 0 aliphatic heterocycles. The van der Waals surface area contributed by atoms with Crippen LogP contribution in [0.5, 0.6) is 0 Å². The van der Waals surface area contributed by atoms with Crippen molar-refractivity contribution in [2.45, 2.75) is 19.3 Å². The predicted octanol–water partition coefficient (Wildman–Crippen LogP) is 2.82. The molecule has 3 aromatic rings. The summed E-state index contributed by atoms with van der Waals surface area (Å²) in [6, 6.07) is 16.0. The first-order chi connectivity index (χ1) is 12.8. The van der Waals surface area contributed by atoms with Crippen LogP contribution < -0.4 is 10.6 Å². The second-order valence-corrected chi connectivity index (χ2v) is 5.97. The maximum absolute atomic E-state index is 11.9. The molecule has 0 saturated heterocycles. The normalized spacial score (nSPS) is 10.5. The van der Waals surface area contributed by atoms with Crippen LogP contribution in [0.2, 0.25) is 0 Å². The van der Waals surface area contributed by atoms with Crippen molar-refractivity contribution in [3.05, 3.63) is 72.8 Å². The number of nitrogens with zero attached hydrogens (tertiary/aromatic N) is 3. The van der Waals surface area contributed by atoms with E-state index in [0.717, 1.165) is 24.5 Å². The molecule has 0 fully saturated rings. The molecule has 0 radical (unpaired) electrons. The van der Waals surface area contributed by atoms with Gasteiger partial charge in [0.25, 0.3) is 0 Å². The smallest absolute Gasteiger partial charge is 0.220 e. The van der Waals surface area contributed by atoms with E-state index in [4.69, 9.17) is 0 Å². The lowest BCUT2D eigenvalue weighted by Gasteiger charge is -2.09. The molecule has 26 heavy (non-hydrogen) atoms. The average Bonchev–Trinajstić information content (AvgIpc) is 3.21. The minimum atomic E-state index is 0.0819. The van der Waals surface area contributed by atoms with E-state index in [-0.39, 0.29) is 5.91 Å². The van der Waals surface area contributed by atoms with Gasteiger partial charge in [-0.1, -0.05) is 30.3 Å². The van der Waals surface area contributed by atoms with Gasteiger partial charge in [-0.25, -0.2) is 9.97 Å². The summed E-state index contributed by atoms with van der Waals surface area (Å²) in [6.07, 6.45) is 7.72. The quantitative estimate of drug-likeness (QED) is 0.583. The maximum atomic E-state index is 11.9. The number of carbonyl (C=O) groups is 1. The van der Waals surface area contributed by atoms with Gasteiger partial charge < -0.3 is 15.2 Å². The molecule has 2 N–H and O–H groups in total. The van der Waals surface area contributed by atoms with Crippen LogP contribution in [-0.4, -0.2) is 33.5 Å². The van der Waals surface area contributed by atoms with Gasteiger partial charge in [-0.05, 0) is 30.5 Å². The number of anilines is 1. The highest BCUT2D eigenvalue weighted by Gasteiger charge is 2.02. The second-order valence-electron chi connectivity index (χ2n) is 5.97. The number of benzene rings is 1. The van der Waals surface area contributed by atoms with Crippen molar-refractivity contribution in [3.8, 4) is 5.82 Å². The number of nitrogens with one attached hydrogen (secondary N) is 2. The van der Waals surface area contributed by atoms with E-state index >= 15 is 0 Å². The minimum Gasteiger partial charge on any atom is -0.368 e. The van der Waals surface area contributed by atoms with Crippen LogP contribution in [0, 0.1) is 0 Å². The number of rotatable bonds is 9. The molecule has 1 aromatic carbocycles. The van der Waals surface area contributed by atoms with Gasteiger partial charge >= 0.3 is 0 Å². The van der Waals surface area contributed by atoms with Crippen LogP contribution in [0.1, 0.15) is 18.4 Å². The number of hydrogen-bond donors (Lipinski definition) is 2. The third-order valence-electron chi connectivity index (χ3n) is 3.99. The van der Waals surface area contributed by atoms with Crippen molar-refractivity contribution in [1.82, 2.24) is 19.9 Å². The summed E-state index contributed by atoms with van der Waals surface area (Å²) < 4.78 is 1.92. The van der Waals surface area contributed by atoms with E-state index < -0.39 is 0 Å². The number of carbonyl (C=O) groups excluding carboxylic acids is 1. The number of aromatic nitrogens is 3. The van der Waals surface area contributed by atoms with Gasteiger partial charge in [0.2, 0.25) is 5.91 Å². The SMILES string of the molecule is O=C(CCCc1ccccc1)NCCNc1cc(-n2cccc2)ncn1. The van der Waals surface area contributed by atoms with Crippen LogP contribution in [0.25, 0.3) is 5.82 Å². The van der Waals surface area contributed by atoms with E-state index in [1.54, 1.807) is 0 Å². The lowest BCUT2D eigenvalue weighted by atomic mass is 10.1. The Bertz CT molecular complexity index is 802. The second kappa shape index (κ2) is 9.36. The Morgan fingerprint density at radius 3 is 2.62 bits per heavy atom. The molecule has 6 heteroatoms. The van der Waals surface area contributed by atoms with Crippen molar-refractivity contribution in [3.63, 3.8) is 0 Å². The molecule has 0 bridgehead atoms. The highest BCUT2D eigenvalue weighted by molar-refractivity contribution is 5.75. The standard InChI is InChI=1S/C20H23N5O/c26-20(10-6-9-17-7-2-1-3-8-17)22-12-11-21-18-15-19(24-16-23-18)25-13-4-5-14-25/h1-5,7-8,13-16H,6,9-12H2,(H,22,26)(H,21,23,24). The topological polar surface area (TPSA) is 71.8 Å². The van der Waals surface area contributed by atoms with Crippen molar-refractivity contribution < 1.29 is 4.79 Å². The largest absolute Gasteiger partial charge is 0.368 e. The van der Waals surface area contributed by atoms with Crippen LogP contribution >= 0.6 is 0 Å². The predicted molar refractivity (Wildman–Crippen MR) is 102 cm³/mol. The van der Waals surface area contributed by atoms with Crippen molar-refractivity contribution in [2.75, 3.05) is 18.4 Å². The van der Waals surface area contributed by atoms with Crippen LogP contribution in [-0.2, 0) is 11.2 Å². The van der Waals surface area contributed by atoms with Gasteiger partial charge in [0.15, 0.2) is 0 Å². The highest BCUT2D eigenvalue weighted by atomic mass is 16.1. The molecular formula is C20H23N5O. The number of hydrogen-bond acceptors (Lipinski definition) is 4. The highest BCUT2D eigenvalue weighted by Crippen LogP contribution is 2.08. The number of amides is 1. The third-order valence-corrected chi connectivity index (χ3v) is 3.99. The van der Waals surface area contributed by atoms with E-state index in [0.29, 0.717) is 19.5 Å². The van der Waals surface area contributed by atoms with E-state index in [1.165, 1.54) is 11.9 Å². The fourth-order valence-corrected chi connectivity index (χ4v) is 2.65. The molecule has 6 nitrogen and oxygen atoms in total. The van der Waals surface area contributed by atoms with Crippen molar-refractivity contribution in [2.24, 2.45) is 0 Å². The molecule has 2 heterocycles. The van der Waals surface area contributed by atoms with Crippen LogP contribution in [0.4, 0.5) is 5.82 Å². The Morgan fingerprint density at radius 1 is 1.00 bits per heavy atom. The van der Waals surface area contributed by atoms with Gasteiger partial charge in [0, 0.05) is 38.0 Å². The summed E-state index contributed by atoms with van der Waals surface area (Å²) in [7, 11) is 0. The Kier molecular flexibility index (Phi) is 6.36. The molecule has 3 rings (SSSR count). The molecule has 0 spiro atoms. The van der Waals surface area contributed by atoms with E-state index in [2.05, 4.69) is 32.7 Å². The summed E-state index contributed by atoms with van der Waals surface area (Å²) in [5.74, 6) is 1.62. The minimum absolute atomic E-state index is 0.0819. The zero-order chi connectivity index (χ0) is 18.0. The molecule has 2 aromatic heterocycles. The van der Waals surface area contributed by atoms with Gasteiger partial charge in [0.1, 0.15) is 18.0 Å². The Balaban J connectivity index is 1.34. The zero-order valence-corrected chi connectivity index (χ0v) is 14.6. The fraction of sp³-hybridized carbons (Fsp3) is 0.250. The molecule has 0 atom stereocenters. The molecular weight excluding hydrogens is 326 g/mol. The molecule has 0 unspecified atom stereocenters. The molecule has 0 aliphatic carbocycles. The first-order valence-electron chi connectivity index (χ1n) is 8.81. The van der Waals surface area contributed by atoms with Crippen LogP contribution in [0.15, 0.2) is 67.3 Å². The third kappa shape index (κ3) is 5.44. The molecule has 0 aliphatic rings. The first-order valence-corrected chi connectivity index (χ1v) is 8.81. The van der Waals surface area contributed by atoms with Crippen molar-refractivity contribution in [1.29, 1.82) is 0 Å². The lowest BCUT2D eigenvalue weighted by molar-refractivity contribution is -0.121. The van der Waals surface area contributed by atoms with E-state index in [9.17, 15) is 4.79 Å². The molecule has 1 amide bonds. The summed E-state index contributed by atoms with van der Waals surface area (Å²) >= 11 is 0. The summed E-state index contributed by atoms with van der Waals surface area (Å²) in [4.78, 5) is 20.3. The van der Waals surface area contributed by atoms with Crippen LogP contribution in [0.3, 0.4) is 0 Å². The Labute approximate surface area is 153 Å².